The van der Waals surface area contributed by atoms with Crippen LogP contribution in [0.5, 0.6) is 5.75 Å². The number of hydrogen-bond donors (Lipinski definition) is 0. The van der Waals surface area contributed by atoms with E-state index in [0.29, 0.717) is 0 Å². The number of rotatable bonds is 4. The monoisotopic (exact) mass is 283 g/mol. The second-order valence-electron chi connectivity index (χ2n) is 3.22. The lowest BCUT2D eigenvalue weighted by Gasteiger charge is -2.10. The average molecular weight is 284 g/mol. The van der Waals surface area contributed by atoms with Crippen molar-refractivity contribution in [2.45, 2.75) is 12.6 Å². The highest BCUT2D eigenvalue weighted by molar-refractivity contribution is 6.30. The van der Waals surface area contributed by atoms with E-state index in [-0.39, 0.29) is 16.5 Å². The normalized spacial score (nSPS) is 11.2. The Labute approximate surface area is 106 Å². The molecular weight excluding hydrogens is 275 g/mol. The number of alkyl halides is 3. The third kappa shape index (κ3) is 4.40. The van der Waals surface area contributed by atoms with Crippen molar-refractivity contribution in [3.63, 3.8) is 0 Å². The number of aromatic nitrogens is 1. The van der Waals surface area contributed by atoms with E-state index >= 15 is 0 Å². The molecule has 0 bridgehead atoms. The molecule has 1 rings (SSSR count). The quantitative estimate of drug-likeness (QED) is 0.630. The van der Waals surface area contributed by atoms with Crippen molar-refractivity contribution < 1.29 is 27.4 Å². The third-order valence-electron chi connectivity index (χ3n) is 1.87. The van der Waals surface area contributed by atoms with Crippen LogP contribution >= 0.6 is 11.6 Å². The highest BCUT2D eigenvalue weighted by atomic mass is 35.5. The molecule has 8 heteroatoms. The highest BCUT2D eigenvalue weighted by Crippen LogP contribution is 2.25. The topological polar surface area (TPSA) is 48.4 Å². The van der Waals surface area contributed by atoms with E-state index in [1.165, 1.54) is 13.2 Å². The summed E-state index contributed by atoms with van der Waals surface area (Å²) in [5.41, 5.74) is 0.0453. The number of carbonyl (C=O) groups is 1. The zero-order chi connectivity index (χ0) is 13.8. The Kier molecular flexibility index (Phi) is 4.77. The molecule has 0 amide bonds. The van der Waals surface area contributed by atoms with Gasteiger partial charge in [0.2, 0.25) is 0 Å². The van der Waals surface area contributed by atoms with E-state index in [0.717, 1.165) is 6.20 Å². The fourth-order valence-corrected chi connectivity index (χ4v) is 1.19. The van der Waals surface area contributed by atoms with E-state index in [4.69, 9.17) is 16.3 Å². The summed E-state index contributed by atoms with van der Waals surface area (Å²) in [6.07, 6.45) is -4.30. The number of hydrogen-bond acceptors (Lipinski definition) is 4. The molecule has 1 heterocycles. The summed E-state index contributed by atoms with van der Waals surface area (Å²) >= 11 is 5.62. The van der Waals surface area contributed by atoms with Gasteiger partial charge in [0, 0.05) is 6.20 Å². The highest BCUT2D eigenvalue weighted by Gasteiger charge is 2.27. The summed E-state index contributed by atoms with van der Waals surface area (Å²) in [6.45, 7) is -0.602. The summed E-state index contributed by atoms with van der Waals surface area (Å²) in [7, 11) is 1.17. The van der Waals surface area contributed by atoms with Crippen molar-refractivity contribution in [1.29, 1.82) is 0 Å². The molecule has 0 aliphatic carbocycles. The molecule has 0 unspecified atom stereocenters. The van der Waals surface area contributed by atoms with Crippen molar-refractivity contribution in [2.75, 3.05) is 13.7 Å². The molecule has 4 nitrogen and oxygen atoms in total. The fourth-order valence-electron chi connectivity index (χ4n) is 1.04. The van der Waals surface area contributed by atoms with Crippen molar-refractivity contribution in [3.05, 3.63) is 23.0 Å². The molecule has 100 valence electrons. The number of carbonyl (C=O) groups excluding carboxylic acids is 1. The van der Waals surface area contributed by atoms with Gasteiger partial charge >= 0.3 is 12.1 Å². The van der Waals surface area contributed by atoms with Crippen LogP contribution in [0.3, 0.4) is 0 Å². The Morgan fingerprint density at radius 3 is 2.72 bits per heavy atom. The summed E-state index contributed by atoms with van der Waals surface area (Å²) in [5, 5.41) is -0.121. The van der Waals surface area contributed by atoms with Crippen LogP contribution in [-0.4, -0.2) is 30.8 Å². The minimum absolute atomic E-state index is 0.0453. The molecule has 0 spiro atoms. The van der Waals surface area contributed by atoms with E-state index in [9.17, 15) is 18.0 Å². The molecule has 0 aliphatic heterocycles. The molecule has 0 radical (unpaired) electrons. The molecule has 0 N–H and O–H groups in total. The Bertz CT molecular complexity index is 437. The zero-order valence-corrected chi connectivity index (χ0v) is 10.0. The van der Waals surface area contributed by atoms with E-state index < -0.39 is 25.2 Å². The lowest BCUT2D eigenvalue weighted by atomic mass is 10.3. The second-order valence-corrected chi connectivity index (χ2v) is 3.58. The van der Waals surface area contributed by atoms with Gasteiger partial charge in [0.25, 0.3) is 0 Å². The van der Waals surface area contributed by atoms with Crippen LogP contribution in [0.25, 0.3) is 0 Å². The molecule has 0 aliphatic rings. The Morgan fingerprint density at radius 2 is 2.17 bits per heavy atom. The number of nitrogens with zero attached hydrogens (tertiary/aromatic N) is 1. The first-order valence-electron chi connectivity index (χ1n) is 4.77. The molecule has 0 saturated carbocycles. The lowest BCUT2D eigenvalue weighted by molar-refractivity contribution is -0.139. The number of esters is 1. The largest absolute Gasteiger partial charge is 0.490 e. The summed E-state index contributed by atoms with van der Waals surface area (Å²) in [4.78, 5) is 14.8. The average Bonchev–Trinajstić information content (AvgIpc) is 2.29. The van der Waals surface area contributed by atoms with Crippen LogP contribution in [0.15, 0.2) is 12.3 Å². The number of halogens is 4. The second kappa shape index (κ2) is 5.90. The zero-order valence-electron chi connectivity index (χ0n) is 9.25. The van der Waals surface area contributed by atoms with Crippen LogP contribution in [0.1, 0.15) is 16.8 Å². The Morgan fingerprint density at radius 1 is 1.50 bits per heavy atom. The van der Waals surface area contributed by atoms with Gasteiger partial charge in [-0.1, -0.05) is 11.6 Å². The van der Waals surface area contributed by atoms with Gasteiger partial charge in [-0.2, -0.15) is 13.2 Å². The standard InChI is InChI=1S/C10H9ClF3NO3/c1-17-9(16)6-4-7(8(11)15-5-6)18-3-2-10(12,13)14/h4-5H,2-3H2,1H3. The Balaban J connectivity index is 2.73. The maximum Gasteiger partial charge on any atom is 0.392 e. The summed E-state index contributed by atoms with van der Waals surface area (Å²) < 4.78 is 45.0. The van der Waals surface area contributed by atoms with Crippen LogP contribution in [0.4, 0.5) is 13.2 Å². The van der Waals surface area contributed by atoms with Crippen molar-refractivity contribution >= 4 is 17.6 Å². The van der Waals surface area contributed by atoms with Crippen LogP contribution in [-0.2, 0) is 4.74 Å². The number of methoxy groups -OCH3 is 1. The molecule has 0 aromatic carbocycles. The molecular formula is C10H9ClF3NO3. The molecule has 0 fully saturated rings. The van der Waals surface area contributed by atoms with Gasteiger partial charge in [-0.15, -0.1) is 0 Å². The van der Waals surface area contributed by atoms with E-state index in [1.807, 2.05) is 0 Å². The first kappa shape index (κ1) is 14.6. The Hall–Kier alpha value is -1.50. The molecule has 1 aromatic rings. The van der Waals surface area contributed by atoms with Gasteiger partial charge in [0.05, 0.1) is 25.7 Å². The minimum Gasteiger partial charge on any atom is -0.490 e. The van der Waals surface area contributed by atoms with Crippen molar-refractivity contribution in [2.24, 2.45) is 0 Å². The maximum absolute atomic E-state index is 11.9. The van der Waals surface area contributed by atoms with Crippen LogP contribution in [0, 0.1) is 0 Å². The number of pyridine rings is 1. The first-order chi connectivity index (χ1) is 8.33. The molecule has 0 atom stereocenters. The third-order valence-corrected chi connectivity index (χ3v) is 2.15. The maximum atomic E-state index is 11.9. The van der Waals surface area contributed by atoms with Gasteiger partial charge in [-0.05, 0) is 6.07 Å². The number of ether oxygens (including phenoxy) is 2. The predicted octanol–water partition coefficient (Wildman–Crippen LogP) is 2.85. The fraction of sp³-hybridized carbons (Fsp3) is 0.400. The van der Waals surface area contributed by atoms with Gasteiger partial charge in [-0.3, -0.25) is 0 Å². The minimum atomic E-state index is -4.32. The van der Waals surface area contributed by atoms with E-state index in [2.05, 4.69) is 9.72 Å². The van der Waals surface area contributed by atoms with E-state index in [1.54, 1.807) is 0 Å². The molecule has 18 heavy (non-hydrogen) atoms. The van der Waals surface area contributed by atoms with Gasteiger partial charge in [0.1, 0.15) is 0 Å². The summed E-state index contributed by atoms with van der Waals surface area (Å²) in [6, 6.07) is 1.18. The smallest absolute Gasteiger partial charge is 0.392 e. The molecule has 0 saturated heterocycles. The molecule has 1 aromatic heterocycles. The van der Waals surface area contributed by atoms with Crippen molar-refractivity contribution in [1.82, 2.24) is 4.98 Å². The summed E-state index contributed by atoms with van der Waals surface area (Å²) in [5.74, 6) is -0.774. The van der Waals surface area contributed by atoms with Crippen LogP contribution in [0.2, 0.25) is 5.15 Å². The van der Waals surface area contributed by atoms with Crippen molar-refractivity contribution in [3.8, 4) is 5.75 Å². The van der Waals surface area contributed by atoms with Gasteiger partial charge < -0.3 is 9.47 Å². The SMILES string of the molecule is COC(=O)c1cnc(Cl)c(OCCC(F)(F)F)c1. The van der Waals surface area contributed by atoms with Crippen LogP contribution < -0.4 is 4.74 Å². The lowest BCUT2D eigenvalue weighted by Crippen LogP contribution is -2.13. The predicted molar refractivity (Wildman–Crippen MR) is 56.8 cm³/mol. The van der Waals surface area contributed by atoms with Gasteiger partial charge in [0.15, 0.2) is 10.9 Å². The van der Waals surface area contributed by atoms with Gasteiger partial charge in [-0.25, -0.2) is 9.78 Å². The first-order valence-corrected chi connectivity index (χ1v) is 5.14.